The second kappa shape index (κ2) is 7.09. The molecule has 0 saturated carbocycles. The molecule has 20 heavy (non-hydrogen) atoms. The molecule has 106 valence electrons. The summed E-state index contributed by atoms with van der Waals surface area (Å²) >= 11 is 0. The van der Waals surface area contributed by atoms with E-state index in [-0.39, 0.29) is 18.6 Å². The zero-order valence-electron chi connectivity index (χ0n) is 11.6. The van der Waals surface area contributed by atoms with E-state index in [1.807, 2.05) is 19.1 Å². The number of amides is 1. The van der Waals surface area contributed by atoms with Gasteiger partial charge in [-0.15, -0.1) is 0 Å². The summed E-state index contributed by atoms with van der Waals surface area (Å²) in [5.41, 5.74) is 2.30. The summed E-state index contributed by atoms with van der Waals surface area (Å²) < 4.78 is 5.28. The van der Waals surface area contributed by atoms with Crippen molar-refractivity contribution in [1.82, 2.24) is 5.32 Å². The van der Waals surface area contributed by atoms with Gasteiger partial charge in [0.1, 0.15) is 6.61 Å². The normalized spacial score (nSPS) is 15.3. The highest BCUT2D eigenvalue weighted by atomic mass is 16.5. The fraction of sp³-hybridized carbons (Fsp3) is 0.438. The number of nitrogens with one attached hydrogen (secondary N) is 1. The molecule has 4 heteroatoms. The molecule has 0 atom stereocenters. The van der Waals surface area contributed by atoms with Gasteiger partial charge in [0, 0.05) is 30.4 Å². The van der Waals surface area contributed by atoms with Crippen molar-refractivity contribution < 1.29 is 14.6 Å². The van der Waals surface area contributed by atoms with Crippen molar-refractivity contribution in [3.8, 4) is 11.8 Å². The van der Waals surface area contributed by atoms with Crippen LogP contribution in [0.15, 0.2) is 18.2 Å². The fourth-order valence-corrected chi connectivity index (χ4v) is 2.19. The van der Waals surface area contributed by atoms with Crippen LogP contribution >= 0.6 is 0 Å². The van der Waals surface area contributed by atoms with E-state index in [4.69, 9.17) is 9.84 Å². The Kier molecular flexibility index (Phi) is 5.16. The van der Waals surface area contributed by atoms with Crippen molar-refractivity contribution in [2.24, 2.45) is 0 Å². The van der Waals surface area contributed by atoms with Gasteiger partial charge in [0.15, 0.2) is 0 Å². The van der Waals surface area contributed by atoms with Crippen molar-refractivity contribution in [2.75, 3.05) is 19.8 Å². The highest BCUT2D eigenvalue weighted by Crippen LogP contribution is 2.13. The topological polar surface area (TPSA) is 58.6 Å². The van der Waals surface area contributed by atoms with E-state index in [0.29, 0.717) is 18.8 Å². The Hall–Kier alpha value is -1.83. The van der Waals surface area contributed by atoms with E-state index in [2.05, 4.69) is 17.2 Å². The number of aliphatic hydroxyl groups excluding tert-OH is 1. The number of aliphatic hydroxyl groups is 1. The van der Waals surface area contributed by atoms with Gasteiger partial charge in [0.25, 0.3) is 5.91 Å². The number of carbonyl (C=O) groups is 1. The molecular weight excluding hydrogens is 254 g/mol. The van der Waals surface area contributed by atoms with Gasteiger partial charge in [0.2, 0.25) is 0 Å². The first-order valence-electron chi connectivity index (χ1n) is 6.79. The van der Waals surface area contributed by atoms with Gasteiger partial charge < -0.3 is 15.2 Å². The average molecular weight is 273 g/mol. The summed E-state index contributed by atoms with van der Waals surface area (Å²) in [6.45, 7) is 3.12. The molecule has 1 amide bonds. The summed E-state index contributed by atoms with van der Waals surface area (Å²) in [7, 11) is 0. The number of carbonyl (C=O) groups excluding carboxylic acids is 1. The maximum atomic E-state index is 12.3. The smallest absolute Gasteiger partial charge is 0.251 e. The molecule has 0 aliphatic carbocycles. The third-order valence-electron chi connectivity index (χ3n) is 3.35. The van der Waals surface area contributed by atoms with Crippen molar-refractivity contribution in [2.45, 2.75) is 25.8 Å². The van der Waals surface area contributed by atoms with Gasteiger partial charge >= 0.3 is 0 Å². The summed E-state index contributed by atoms with van der Waals surface area (Å²) in [6.07, 6.45) is 1.71. The highest BCUT2D eigenvalue weighted by molar-refractivity contribution is 5.96. The number of ether oxygens (including phenoxy) is 1. The molecule has 4 nitrogen and oxygen atoms in total. The van der Waals surface area contributed by atoms with Gasteiger partial charge in [-0.25, -0.2) is 0 Å². The molecule has 2 rings (SSSR count). The molecule has 1 aromatic rings. The lowest BCUT2D eigenvalue weighted by molar-refractivity contribution is 0.0696. The zero-order valence-corrected chi connectivity index (χ0v) is 11.6. The number of hydrogen-bond acceptors (Lipinski definition) is 3. The minimum absolute atomic E-state index is 0.0675. The molecule has 2 N–H and O–H groups in total. The quantitative estimate of drug-likeness (QED) is 0.797. The SMILES string of the molecule is Cc1ccc(C#CCO)cc1C(=O)NC1CCOCC1. The Morgan fingerprint density at radius 3 is 2.90 bits per heavy atom. The largest absolute Gasteiger partial charge is 0.384 e. The lowest BCUT2D eigenvalue weighted by atomic mass is 10.0. The molecule has 1 aliphatic heterocycles. The van der Waals surface area contributed by atoms with Crippen LogP contribution in [0.4, 0.5) is 0 Å². The molecule has 0 spiro atoms. The van der Waals surface area contributed by atoms with Crippen LogP contribution in [-0.4, -0.2) is 36.9 Å². The first-order valence-corrected chi connectivity index (χ1v) is 6.79. The summed E-state index contributed by atoms with van der Waals surface area (Å²) in [6, 6.07) is 5.68. The first kappa shape index (κ1) is 14.6. The van der Waals surface area contributed by atoms with Crippen molar-refractivity contribution in [1.29, 1.82) is 0 Å². The second-order valence-electron chi connectivity index (χ2n) is 4.85. The lowest BCUT2D eigenvalue weighted by Crippen LogP contribution is -2.39. The fourth-order valence-electron chi connectivity index (χ4n) is 2.19. The maximum absolute atomic E-state index is 12.3. The molecule has 1 heterocycles. The monoisotopic (exact) mass is 273 g/mol. The number of hydrogen-bond donors (Lipinski definition) is 2. The minimum Gasteiger partial charge on any atom is -0.384 e. The molecule has 0 aromatic heterocycles. The van der Waals surface area contributed by atoms with Gasteiger partial charge in [0.05, 0.1) is 0 Å². The van der Waals surface area contributed by atoms with Gasteiger partial charge in [-0.2, -0.15) is 0 Å². The third-order valence-corrected chi connectivity index (χ3v) is 3.35. The Labute approximate surface area is 119 Å². The molecule has 1 saturated heterocycles. The van der Waals surface area contributed by atoms with E-state index in [9.17, 15) is 4.79 Å². The summed E-state index contributed by atoms with van der Waals surface area (Å²) in [5, 5.41) is 11.8. The van der Waals surface area contributed by atoms with E-state index in [1.54, 1.807) is 6.07 Å². The molecule has 0 radical (unpaired) electrons. The van der Waals surface area contributed by atoms with Crippen LogP contribution < -0.4 is 5.32 Å². The van der Waals surface area contributed by atoms with Gasteiger partial charge in [-0.3, -0.25) is 4.79 Å². The molecule has 1 aliphatic rings. The zero-order chi connectivity index (χ0) is 14.4. The molecule has 1 aromatic carbocycles. The number of rotatable bonds is 2. The highest BCUT2D eigenvalue weighted by Gasteiger charge is 2.18. The van der Waals surface area contributed by atoms with Crippen molar-refractivity contribution >= 4 is 5.91 Å². The summed E-state index contributed by atoms with van der Waals surface area (Å²) in [4.78, 5) is 12.3. The van der Waals surface area contributed by atoms with E-state index in [0.717, 1.165) is 24.0 Å². The van der Waals surface area contributed by atoms with Gasteiger partial charge in [-0.1, -0.05) is 17.9 Å². The van der Waals surface area contributed by atoms with Crippen LogP contribution in [0, 0.1) is 18.8 Å². The Balaban J connectivity index is 2.11. The van der Waals surface area contributed by atoms with Gasteiger partial charge in [-0.05, 0) is 37.5 Å². The Morgan fingerprint density at radius 2 is 2.20 bits per heavy atom. The van der Waals surface area contributed by atoms with Crippen molar-refractivity contribution in [3.05, 3.63) is 34.9 Å². The summed E-state index contributed by atoms with van der Waals surface area (Å²) in [5.74, 6) is 5.34. The minimum atomic E-state index is -0.183. The van der Waals surface area contributed by atoms with Crippen molar-refractivity contribution in [3.63, 3.8) is 0 Å². The standard InChI is InChI=1S/C16H19NO3/c1-12-4-5-13(3-2-8-18)11-15(12)16(19)17-14-6-9-20-10-7-14/h4-5,11,14,18H,6-10H2,1H3,(H,17,19). The van der Waals surface area contributed by atoms with E-state index < -0.39 is 0 Å². The Bertz CT molecular complexity index is 536. The first-order chi connectivity index (χ1) is 9.70. The average Bonchev–Trinajstić information content (AvgIpc) is 2.47. The van der Waals surface area contributed by atoms with Crippen LogP contribution in [0.3, 0.4) is 0 Å². The van der Waals surface area contributed by atoms with Crippen LogP contribution in [0.1, 0.15) is 34.3 Å². The maximum Gasteiger partial charge on any atom is 0.251 e. The molecule has 0 bridgehead atoms. The van der Waals surface area contributed by atoms with E-state index in [1.165, 1.54) is 0 Å². The molecular formula is C16H19NO3. The predicted molar refractivity (Wildman–Crippen MR) is 76.5 cm³/mol. The number of aryl methyl sites for hydroxylation is 1. The van der Waals surface area contributed by atoms with Crippen LogP contribution in [0.25, 0.3) is 0 Å². The molecule has 0 unspecified atom stereocenters. The molecule has 1 fully saturated rings. The van der Waals surface area contributed by atoms with Crippen LogP contribution in [0.2, 0.25) is 0 Å². The van der Waals surface area contributed by atoms with Crippen LogP contribution in [0.5, 0.6) is 0 Å². The van der Waals surface area contributed by atoms with E-state index >= 15 is 0 Å². The third kappa shape index (κ3) is 3.83. The predicted octanol–water partition coefficient (Wildman–Crippen LogP) is 1.25. The Morgan fingerprint density at radius 1 is 1.45 bits per heavy atom. The number of benzene rings is 1. The lowest BCUT2D eigenvalue weighted by Gasteiger charge is -2.23. The van der Waals surface area contributed by atoms with Crippen LogP contribution in [-0.2, 0) is 4.74 Å². The second-order valence-corrected chi connectivity index (χ2v) is 4.85.